The molecule has 3 aromatic rings. The van der Waals surface area contributed by atoms with Crippen LogP contribution in [0, 0.1) is 0 Å². The highest BCUT2D eigenvalue weighted by molar-refractivity contribution is 9.12. The number of rotatable bonds is 3. The molecule has 0 aliphatic heterocycles. The van der Waals surface area contributed by atoms with Gasteiger partial charge in [0.1, 0.15) is 0 Å². The first kappa shape index (κ1) is 23.8. The second-order valence-electron chi connectivity index (χ2n) is 6.08. The minimum atomic E-state index is -3.47. The molecule has 0 heterocycles. The summed E-state index contributed by atoms with van der Waals surface area (Å²) in [5.74, 6) is 0. The smallest absolute Gasteiger partial charge is 0.174 e. The van der Waals surface area contributed by atoms with Crippen molar-refractivity contribution in [3.63, 3.8) is 0 Å². The molecule has 0 aliphatic carbocycles. The molecule has 29 heavy (non-hydrogen) atoms. The molecule has 4 nitrogen and oxygen atoms in total. The Hall–Kier alpha value is 0.170. The van der Waals surface area contributed by atoms with Crippen molar-refractivity contribution < 1.29 is 4.57 Å². The van der Waals surface area contributed by atoms with Crippen LogP contribution >= 0.6 is 103 Å². The van der Waals surface area contributed by atoms with E-state index >= 15 is 0 Å². The van der Waals surface area contributed by atoms with Gasteiger partial charge >= 0.3 is 0 Å². The van der Waals surface area contributed by atoms with Gasteiger partial charge in [0.05, 0.1) is 0 Å². The van der Waals surface area contributed by atoms with Gasteiger partial charge in [-0.25, -0.2) is 0 Å². The molecule has 0 aromatic heterocycles. The second kappa shape index (κ2) is 8.96. The van der Waals surface area contributed by atoms with E-state index in [1.807, 2.05) is 0 Å². The maximum absolute atomic E-state index is 15.0. The molecule has 0 saturated carbocycles. The third-order valence-corrected chi connectivity index (χ3v) is 12.3. The number of anilines is 3. The largest absolute Gasteiger partial charge is 0.398 e. The molecule has 0 saturated heterocycles. The summed E-state index contributed by atoms with van der Waals surface area (Å²) in [7, 11) is -3.47. The normalized spacial score (nSPS) is 11.7. The summed E-state index contributed by atoms with van der Waals surface area (Å²) in [6.07, 6.45) is 0. The summed E-state index contributed by atoms with van der Waals surface area (Å²) in [6, 6.07) is 10.4. The standard InChI is InChI=1S/C18H12Br6N3OP/c19-7-1-10(22)16(4-13(7)25)29(28,17-5-14(26)8(20)2-11(17)23)18-6-15(27)9(21)3-12(18)24/h1-6H,25-27H2. The number of nitrogens with two attached hydrogens (primary N) is 3. The van der Waals surface area contributed by atoms with E-state index in [1.54, 1.807) is 36.4 Å². The zero-order valence-electron chi connectivity index (χ0n) is 14.3. The summed E-state index contributed by atoms with van der Waals surface area (Å²) in [5.41, 5.74) is 19.8. The summed E-state index contributed by atoms with van der Waals surface area (Å²) in [6.45, 7) is 0. The Bertz CT molecular complexity index is 1050. The lowest BCUT2D eigenvalue weighted by Crippen LogP contribution is -2.28. The van der Waals surface area contributed by atoms with E-state index in [4.69, 9.17) is 17.2 Å². The molecule has 0 bridgehead atoms. The van der Waals surface area contributed by atoms with Crippen molar-refractivity contribution in [2.45, 2.75) is 0 Å². The first-order chi connectivity index (χ1) is 13.5. The van der Waals surface area contributed by atoms with Gasteiger partial charge in [0.15, 0.2) is 7.14 Å². The molecular formula is C18H12Br6N3OP. The monoisotopic (exact) mass is 791 g/mol. The molecule has 0 unspecified atom stereocenters. The Morgan fingerprint density at radius 3 is 0.966 bits per heavy atom. The summed E-state index contributed by atoms with van der Waals surface area (Å²) in [4.78, 5) is 0. The predicted molar refractivity (Wildman–Crippen MR) is 145 cm³/mol. The summed E-state index contributed by atoms with van der Waals surface area (Å²) < 4.78 is 19.0. The van der Waals surface area contributed by atoms with Crippen molar-refractivity contribution in [1.82, 2.24) is 0 Å². The highest BCUT2D eigenvalue weighted by Gasteiger charge is 2.36. The van der Waals surface area contributed by atoms with Gasteiger partial charge < -0.3 is 21.8 Å². The van der Waals surface area contributed by atoms with Crippen LogP contribution in [0.3, 0.4) is 0 Å². The van der Waals surface area contributed by atoms with Gasteiger partial charge in [0.2, 0.25) is 0 Å². The highest BCUT2D eigenvalue weighted by Crippen LogP contribution is 2.50. The van der Waals surface area contributed by atoms with E-state index in [2.05, 4.69) is 95.6 Å². The van der Waals surface area contributed by atoms with Crippen molar-refractivity contribution >= 4 is 136 Å². The lowest BCUT2D eigenvalue weighted by atomic mass is 10.3. The number of hydrogen-bond acceptors (Lipinski definition) is 4. The van der Waals surface area contributed by atoms with Crippen LogP contribution < -0.4 is 33.1 Å². The molecule has 3 aromatic carbocycles. The Labute approximate surface area is 218 Å². The van der Waals surface area contributed by atoms with E-state index in [0.717, 1.165) is 0 Å². The van der Waals surface area contributed by atoms with Gasteiger partial charge in [0, 0.05) is 59.8 Å². The number of hydrogen-bond donors (Lipinski definition) is 3. The van der Waals surface area contributed by atoms with Crippen molar-refractivity contribution in [2.75, 3.05) is 17.2 Å². The average Bonchev–Trinajstić information content (AvgIpc) is 2.63. The lowest BCUT2D eigenvalue weighted by Gasteiger charge is -2.25. The Morgan fingerprint density at radius 2 is 0.724 bits per heavy atom. The minimum absolute atomic E-state index is 0.464. The fraction of sp³-hybridized carbons (Fsp3) is 0. The molecule has 0 aliphatic rings. The maximum atomic E-state index is 15.0. The molecular weight excluding hydrogens is 785 g/mol. The average molecular weight is 797 g/mol. The van der Waals surface area contributed by atoms with Crippen molar-refractivity contribution in [3.05, 3.63) is 63.2 Å². The van der Waals surface area contributed by atoms with Crippen LogP contribution in [0.25, 0.3) is 0 Å². The Balaban J connectivity index is 2.50. The highest BCUT2D eigenvalue weighted by atomic mass is 79.9. The maximum Gasteiger partial charge on any atom is 0.174 e. The van der Waals surface area contributed by atoms with E-state index in [1.165, 1.54) is 0 Å². The third-order valence-electron chi connectivity index (χ3n) is 4.22. The molecule has 0 atom stereocenters. The molecule has 0 fully saturated rings. The predicted octanol–water partition coefficient (Wildman–Crippen LogP) is 6.65. The molecule has 6 N–H and O–H groups in total. The first-order valence-electron chi connectivity index (χ1n) is 7.82. The van der Waals surface area contributed by atoms with Gasteiger partial charge in [-0.3, -0.25) is 0 Å². The van der Waals surface area contributed by atoms with Crippen LogP contribution in [0.4, 0.5) is 17.1 Å². The molecule has 152 valence electrons. The number of benzene rings is 3. The quantitative estimate of drug-likeness (QED) is 0.205. The molecule has 0 spiro atoms. The van der Waals surface area contributed by atoms with Crippen molar-refractivity contribution in [3.8, 4) is 0 Å². The second-order valence-corrected chi connectivity index (χ2v) is 13.9. The van der Waals surface area contributed by atoms with Gasteiger partial charge in [-0.2, -0.15) is 0 Å². The van der Waals surface area contributed by atoms with E-state index in [9.17, 15) is 4.57 Å². The van der Waals surface area contributed by atoms with E-state index in [-0.39, 0.29) is 0 Å². The fourth-order valence-electron chi connectivity index (χ4n) is 2.77. The van der Waals surface area contributed by atoms with Crippen LogP contribution in [-0.2, 0) is 4.57 Å². The SMILES string of the molecule is Nc1cc(P(=O)(c2cc(N)c(Br)cc2Br)c2cc(N)c(Br)cc2Br)c(Br)cc1Br. The minimum Gasteiger partial charge on any atom is -0.398 e. The number of halogens is 6. The van der Waals surface area contributed by atoms with Crippen LogP contribution in [0.5, 0.6) is 0 Å². The number of nitrogen functional groups attached to an aromatic ring is 3. The van der Waals surface area contributed by atoms with Crippen LogP contribution in [-0.4, -0.2) is 0 Å². The molecule has 0 radical (unpaired) electrons. The zero-order chi connectivity index (χ0) is 21.7. The van der Waals surface area contributed by atoms with Gasteiger partial charge in [-0.1, -0.05) is 0 Å². The van der Waals surface area contributed by atoms with Crippen molar-refractivity contribution in [2.24, 2.45) is 0 Å². The van der Waals surface area contributed by atoms with Gasteiger partial charge in [0.25, 0.3) is 0 Å². The van der Waals surface area contributed by atoms with Crippen LogP contribution in [0.2, 0.25) is 0 Å². The Kier molecular flexibility index (Phi) is 7.36. The van der Waals surface area contributed by atoms with E-state index in [0.29, 0.717) is 59.8 Å². The zero-order valence-corrected chi connectivity index (χ0v) is 24.7. The third kappa shape index (κ3) is 4.41. The summed E-state index contributed by atoms with van der Waals surface area (Å²) in [5, 5.41) is 1.59. The molecule has 11 heteroatoms. The summed E-state index contributed by atoms with van der Waals surface area (Å²) >= 11 is 20.9. The van der Waals surface area contributed by atoms with Crippen LogP contribution in [0.1, 0.15) is 0 Å². The molecule has 3 rings (SSSR count). The topological polar surface area (TPSA) is 95.1 Å². The van der Waals surface area contributed by atoms with Gasteiger partial charge in [-0.15, -0.1) is 0 Å². The fourth-order valence-corrected chi connectivity index (χ4v) is 10.8. The Morgan fingerprint density at radius 1 is 0.483 bits per heavy atom. The molecule has 0 amide bonds. The van der Waals surface area contributed by atoms with E-state index < -0.39 is 7.14 Å². The first-order valence-corrected chi connectivity index (χ1v) is 14.3. The lowest BCUT2D eigenvalue weighted by molar-refractivity contribution is 0.592. The van der Waals surface area contributed by atoms with Crippen LogP contribution in [0.15, 0.2) is 63.2 Å². The van der Waals surface area contributed by atoms with Gasteiger partial charge in [-0.05, 0) is 132 Å². The van der Waals surface area contributed by atoms with Crippen molar-refractivity contribution in [1.29, 1.82) is 0 Å².